The standard InChI is InChI=1S/C14H18F2N2O4S/c15-13(16)22-11-1-3-12(4-2-11)23(19,20)18-7-5-14(10-18)9-17-6-8-21-14/h1-4,13,17H,5-10H2. The number of rotatable bonds is 4. The van der Waals surface area contributed by atoms with E-state index in [1.165, 1.54) is 28.6 Å². The highest BCUT2D eigenvalue weighted by molar-refractivity contribution is 7.89. The van der Waals surface area contributed by atoms with Crippen molar-refractivity contribution < 1.29 is 26.7 Å². The van der Waals surface area contributed by atoms with E-state index in [9.17, 15) is 17.2 Å². The number of nitrogens with one attached hydrogen (secondary N) is 1. The molecule has 2 aliphatic rings. The van der Waals surface area contributed by atoms with Crippen LogP contribution in [0.5, 0.6) is 5.75 Å². The first-order valence-corrected chi connectivity index (χ1v) is 8.75. The molecule has 2 heterocycles. The van der Waals surface area contributed by atoms with Crippen molar-refractivity contribution in [1.29, 1.82) is 0 Å². The van der Waals surface area contributed by atoms with E-state index in [1.807, 2.05) is 0 Å². The van der Waals surface area contributed by atoms with Gasteiger partial charge >= 0.3 is 6.61 Å². The van der Waals surface area contributed by atoms with E-state index in [-0.39, 0.29) is 17.2 Å². The number of hydrogen-bond acceptors (Lipinski definition) is 5. The summed E-state index contributed by atoms with van der Waals surface area (Å²) in [5.74, 6) is -0.0725. The quantitative estimate of drug-likeness (QED) is 0.881. The van der Waals surface area contributed by atoms with E-state index in [1.54, 1.807) is 0 Å². The molecular weight excluding hydrogens is 330 g/mol. The number of hydrogen-bond donors (Lipinski definition) is 1. The summed E-state index contributed by atoms with van der Waals surface area (Å²) in [7, 11) is -3.68. The molecule has 1 unspecified atom stereocenters. The summed E-state index contributed by atoms with van der Waals surface area (Å²) in [5.41, 5.74) is -0.468. The number of nitrogens with zero attached hydrogens (tertiary/aromatic N) is 1. The highest BCUT2D eigenvalue weighted by Crippen LogP contribution is 2.31. The first-order valence-electron chi connectivity index (χ1n) is 7.31. The fraction of sp³-hybridized carbons (Fsp3) is 0.571. The maximum absolute atomic E-state index is 12.7. The van der Waals surface area contributed by atoms with Crippen LogP contribution in [-0.4, -0.2) is 57.7 Å². The van der Waals surface area contributed by atoms with E-state index in [4.69, 9.17) is 4.74 Å². The molecule has 3 rings (SSSR count). The minimum atomic E-state index is -3.68. The fourth-order valence-corrected chi connectivity index (χ4v) is 4.44. The van der Waals surface area contributed by atoms with Gasteiger partial charge in [0.05, 0.1) is 17.1 Å². The summed E-state index contributed by atoms with van der Waals surface area (Å²) < 4.78 is 61.0. The lowest BCUT2D eigenvalue weighted by Crippen LogP contribution is -2.51. The summed E-state index contributed by atoms with van der Waals surface area (Å²) >= 11 is 0. The van der Waals surface area contributed by atoms with Gasteiger partial charge in [0.1, 0.15) is 5.75 Å². The third-order valence-corrected chi connectivity index (χ3v) is 5.96. The Hall–Kier alpha value is -1.29. The Kier molecular flexibility index (Phi) is 4.54. The van der Waals surface area contributed by atoms with Crippen LogP contribution in [0.15, 0.2) is 29.2 Å². The van der Waals surface area contributed by atoms with Crippen LogP contribution in [0.2, 0.25) is 0 Å². The maximum Gasteiger partial charge on any atom is 0.387 e. The SMILES string of the molecule is O=S(=O)(c1ccc(OC(F)F)cc1)N1CCC2(CNCCO2)C1. The molecule has 9 heteroatoms. The number of sulfonamides is 1. The second-order valence-corrected chi connectivity index (χ2v) is 7.58. The molecule has 0 aromatic heterocycles. The van der Waals surface area contributed by atoms with Crippen LogP contribution in [0.1, 0.15) is 6.42 Å². The Morgan fingerprint density at radius 1 is 1.30 bits per heavy atom. The van der Waals surface area contributed by atoms with Gasteiger partial charge in [-0.25, -0.2) is 8.42 Å². The van der Waals surface area contributed by atoms with Crippen LogP contribution in [0.4, 0.5) is 8.78 Å². The molecule has 6 nitrogen and oxygen atoms in total. The summed E-state index contributed by atoms with van der Waals surface area (Å²) in [4.78, 5) is 0.0555. The molecule has 1 aromatic carbocycles. The largest absolute Gasteiger partial charge is 0.435 e. The predicted octanol–water partition coefficient (Wildman–Crippen LogP) is 1.04. The van der Waals surface area contributed by atoms with E-state index in [0.717, 1.165) is 6.54 Å². The van der Waals surface area contributed by atoms with E-state index >= 15 is 0 Å². The van der Waals surface area contributed by atoms with Gasteiger partial charge in [0.25, 0.3) is 0 Å². The fourth-order valence-electron chi connectivity index (χ4n) is 2.92. The number of benzene rings is 1. The lowest BCUT2D eigenvalue weighted by atomic mass is 10.0. The van der Waals surface area contributed by atoms with Crippen molar-refractivity contribution in [1.82, 2.24) is 9.62 Å². The third kappa shape index (κ3) is 3.47. The van der Waals surface area contributed by atoms with Crippen LogP contribution in [0.25, 0.3) is 0 Å². The second kappa shape index (κ2) is 6.31. The zero-order valence-corrected chi connectivity index (χ0v) is 13.2. The molecule has 128 valence electrons. The maximum atomic E-state index is 12.7. The van der Waals surface area contributed by atoms with Gasteiger partial charge in [-0.15, -0.1) is 0 Å². The molecule has 0 saturated carbocycles. The van der Waals surface area contributed by atoms with Gasteiger partial charge in [0.2, 0.25) is 10.0 Å². The molecule has 1 atom stereocenters. The van der Waals surface area contributed by atoms with Gasteiger partial charge in [0.15, 0.2) is 0 Å². The molecule has 2 saturated heterocycles. The Balaban J connectivity index is 1.74. The Morgan fingerprint density at radius 3 is 2.65 bits per heavy atom. The van der Waals surface area contributed by atoms with Gasteiger partial charge in [-0.2, -0.15) is 13.1 Å². The molecule has 0 radical (unpaired) electrons. The normalized spacial score (nSPS) is 26.0. The average molecular weight is 348 g/mol. The topological polar surface area (TPSA) is 67.9 Å². The summed E-state index contributed by atoms with van der Waals surface area (Å²) in [5, 5.41) is 3.22. The first-order chi connectivity index (χ1) is 10.9. The highest BCUT2D eigenvalue weighted by Gasteiger charge is 2.44. The first kappa shape index (κ1) is 16.6. The zero-order chi connectivity index (χ0) is 16.5. The minimum Gasteiger partial charge on any atom is -0.435 e. The monoisotopic (exact) mass is 348 g/mol. The Bertz CT molecular complexity index is 645. The Morgan fingerprint density at radius 2 is 2.04 bits per heavy atom. The molecule has 0 amide bonds. The number of morpholine rings is 1. The predicted molar refractivity (Wildman–Crippen MR) is 78.0 cm³/mol. The molecule has 1 aromatic rings. The van der Waals surface area contributed by atoms with Crippen LogP contribution >= 0.6 is 0 Å². The molecule has 1 N–H and O–H groups in total. The second-order valence-electron chi connectivity index (χ2n) is 5.65. The number of alkyl halides is 2. The van der Waals surface area contributed by atoms with Gasteiger partial charge in [0, 0.05) is 26.2 Å². The molecule has 2 fully saturated rings. The van der Waals surface area contributed by atoms with E-state index < -0.39 is 22.2 Å². The molecule has 0 aliphatic carbocycles. The van der Waals surface area contributed by atoms with Crippen LogP contribution in [0, 0.1) is 0 Å². The molecule has 23 heavy (non-hydrogen) atoms. The summed E-state index contributed by atoms with van der Waals surface area (Å²) in [6, 6.07) is 5.00. The van der Waals surface area contributed by atoms with Crippen molar-refractivity contribution in [3.05, 3.63) is 24.3 Å². The van der Waals surface area contributed by atoms with E-state index in [2.05, 4.69) is 10.1 Å². The third-order valence-electron chi connectivity index (χ3n) is 4.10. The molecule has 2 aliphatic heterocycles. The van der Waals surface area contributed by atoms with Crippen LogP contribution in [0.3, 0.4) is 0 Å². The highest BCUT2D eigenvalue weighted by atomic mass is 32.2. The van der Waals surface area contributed by atoms with Crippen molar-refractivity contribution in [2.45, 2.75) is 23.5 Å². The lowest BCUT2D eigenvalue weighted by Gasteiger charge is -2.34. The van der Waals surface area contributed by atoms with Crippen molar-refractivity contribution >= 4 is 10.0 Å². The van der Waals surface area contributed by atoms with Gasteiger partial charge < -0.3 is 14.8 Å². The summed E-state index contributed by atoms with van der Waals surface area (Å²) in [6.45, 7) is -0.322. The molecular formula is C14H18F2N2O4S. The van der Waals surface area contributed by atoms with Crippen molar-refractivity contribution in [3.63, 3.8) is 0 Å². The lowest BCUT2D eigenvalue weighted by molar-refractivity contribution is -0.0540. The van der Waals surface area contributed by atoms with Crippen LogP contribution < -0.4 is 10.1 Å². The zero-order valence-electron chi connectivity index (χ0n) is 12.4. The Labute approximate surface area is 133 Å². The number of halogens is 2. The van der Waals surface area contributed by atoms with E-state index in [0.29, 0.717) is 26.1 Å². The van der Waals surface area contributed by atoms with Crippen molar-refractivity contribution in [2.24, 2.45) is 0 Å². The summed E-state index contributed by atoms with van der Waals surface area (Å²) in [6.07, 6.45) is 0.631. The van der Waals surface area contributed by atoms with Crippen molar-refractivity contribution in [2.75, 3.05) is 32.8 Å². The van der Waals surface area contributed by atoms with Gasteiger partial charge in [-0.3, -0.25) is 0 Å². The minimum absolute atomic E-state index is 0.0555. The average Bonchev–Trinajstić information content (AvgIpc) is 2.92. The smallest absolute Gasteiger partial charge is 0.387 e. The van der Waals surface area contributed by atoms with Gasteiger partial charge in [-0.1, -0.05) is 0 Å². The number of ether oxygens (including phenoxy) is 2. The molecule has 1 spiro atoms. The van der Waals surface area contributed by atoms with Crippen molar-refractivity contribution in [3.8, 4) is 5.75 Å². The van der Waals surface area contributed by atoms with Crippen LogP contribution in [-0.2, 0) is 14.8 Å². The van der Waals surface area contributed by atoms with Gasteiger partial charge in [-0.05, 0) is 30.7 Å². The molecule has 0 bridgehead atoms.